The lowest BCUT2D eigenvalue weighted by Gasteiger charge is -2.40. The molecule has 118 valence electrons. The highest BCUT2D eigenvalue weighted by molar-refractivity contribution is 7.89. The smallest absolute Gasteiger partial charge is 0.243 e. The predicted molar refractivity (Wildman–Crippen MR) is 82.6 cm³/mol. The van der Waals surface area contributed by atoms with Crippen molar-refractivity contribution in [2.45, 2.75) is 37.1 Å². The number of nitrogens with zero attached hydrogens (tertiary/aromatic N) is 1. The molecular formula is C15H24N2O3S. The van der Waals surface area contributed by atoms with Gasteiger partial charge in [0.1, 0.15) is 0 Å². The molecule has 6 heteroatoms. The molecule has 0 amide bonds. The minimum atomic E-state index is -3.48. The van der Waals surface area contributed by atoms with Crippen LogP contribution in [0.2, 0.25) is 0 Å². The van der Waals surface area contributed by atoms with Gasteiger partial charge in [0.05, 0.1) is 23.6 Å². The third kappa shape index (κ3) is 3.63. The van der Waals surface area contributed by atoms with E-state index in [0.29, 0.717) is 31.2 Å². The lowest BCUT2D eigenvalue weighted by atomic mass is 10.1. The zero-order valence-corrected chi connectivity index (χ0v) is 13.5. The summed E-state index contributed by atoms with van der Waals surface area (Å²) in [5.74, 6) is 0. The van der Waals surface area contributed by atoms with Crippen LogP contribution in [-0.2, 0) is 21.2 Å². The van der Waals surface area contributed by atoms with Gasteiger partial charge in [0.2, 0.25) is 10.0 Å². The lowest BCUT2D eigenvalue weighted by Crippen LogP contribution is -2.55. The molecule has 21 heavy (non-hydrogen) atoms. The first-order valence-corrected chi connectivity index (χ1v) is 8.71. The van der Waals surface area contributed by atoms with Crippen LogP contribution < -0.4 is 5.73 Å². The number of hydrogen-bond donors (Lipinski definition) is 1. The van der Waals surface area contributed by atoms with Crippen molar-refractivity contribution in [3.05, 3.63) is 29.8 Å². The van der Waals surface area contributed by atoms with Crippen molar-refractivity contribution >= 4 is 10.0 Å². The second-order valence-electron chi connectivity index (χ2n) is 5.98. The molecule has 5 nitrogen and oxygen atoms in total. The Morgan fingerprint density at radius 1 is 1.29 bits per heavy atom. The van der Waals surface area contributed by atoms with E-state index in [1.54, 1.807) is 16.4 Å². The number of aryl methyl sites for hydroxylation is 1. The van der Waals surface area contributed by atoms with E-state index in [9.17, 15) is 8.42 Å². The van der Waals surface area contributed by atoms with Gasteiger partial charge in [0.25, 0.3) is 0 Å². The molecule has 0 spiro atoms. The SMILES string of the molecule is CC1(C)COCCN1S(=O)(=O)c1ccc(CCCN)cc1. The molecule has 1 aliphatic heterocycles. The Morgan fingerprint density at radius 3 is 2.52 bits per heavy atom. The van der Waals surface area contributed by atoms with Crippen molar-refractivity contribution < 1.29 is 13.2 Å². The van der Waals surface area contributed by atoms with E-state index in [4.69, 9.17) is 10.5 Å². The molecule has 0 saturated carbocycles. The largest absolute Gasteiger partial charge is 0.378 e. The van der Waals surface area contributed by atoms with Crippen LogP contribution >= 0.6 is 0 Å². The molecule has 2 rings (SSSR count). The highest BCUT2D eigenvalue weighted by Crippen LogP contribution is 2.27. The van der Waals surface area contributed by atoms with Crippen LogP contribution in [0.3, 0.4) is 0 Å². The predicted octanol–water partition coefficient (Wildman–Crippen LogP) is 1.38. The Balaban J connectivity index is 2.22. The second-order valence-corrected chi connectivity index (χ2v) is 7.84. The van der Waals surface area contributed by atoms with E-state index >= 15 is 0 Å². The number of rotatable bonds is 5. The van der Waals surface area contributed by atoms with E-state index in [0.717, 1.165) is 18.4 Å². The first kappa shape index (κ1) is 16.4. The summed E-state index contributed by atoms with van der Waals surface area (Å²) in [6, 6.07) is 7.12. The van der Waals surface area contributed by atoms with Gasteiger partial charge in [-0.15, -0.1) is 0 Å². The minimum absolute atomic E-state index is 0.342. The highest BCUT2D eigenvalue weighted by atomic mass is 32.2. The summed E-state index contributed by atoms with van der Waals surface area (Å²) in [6.07, 6.45) is 1.78. The van der Waals surface area contributed by atoms with Crippen LogP contribution in [0.25, 0.3) is 0 Å². The molecule has 2 N–H and O–H groups in total. The molecule has 0 bridgehead atoms. The van der Waals surface area contributed by atoms with Crippen molar-refractivity contribution in [1.29, 1.82) is 0 Å². The normalized spacial score (nSPS) is 19.6. The Labute approximate surface area is 127 Å². The Bertz CT molecular complexity index is 567. The number of nitrogens with two attached hydrogens (primary N) is 1. The van der Waals surface area contributed by atoms with Gasteiger partial charge >= 0.3 is 0 Å². The molecule has 1 aromatic rings. The third-order valence-corrected chi connectivity index (χ3v) is 5.88. The molecule has 0 radical (unpaired) electrons. The van der Waals surface area contributed by atoms with Crippen molar-refractivity contribution in [1.82, 2.24) is 4.31 Å². The molecule has 0 atom stereocenters. The second kappa shape index (κ2) is 6.44. The molecule has 0 aromatic heterocycles. The van der Waals surface area contributed by atoms with E-state index in [-0.39, 0.29) is 0 Å². The maximum Gasteiger partial charge on any atom is 0.243 e. The summed E-state index contributed by atoms with van der Waals surface area (Å²) in [4.78, 5) is 0.342. The van der Waals surface area contributed by atoms with Crippen molar-refractivity contribution in [3.63, 3.8) is 0 Å². The van der Waals surface area contributed by atoms with E-state index in [1.165, 1.54) is 0 Å². The number of hydrogen-bond acceptors (Lipinski definition) is 4. The number of sulfonamides is 1. The Kier molecular flexibility index (Phi) is 5.03. The number of ether oxygens (including phenoxy) is 1. The van der Waals surface area contributed by atoms with Crippen LogP contribution in [0.4, 0.5) is 0 Å². The van der Waals surface area contributed by atoms with Crippen LogP contribution in [0.15, 0.2) is 29.2 Å². The van der Waals surface area contributed by atoms with Gasteiger partial charge in [-0.2, -0.15) is 4.31 Å². The fourth-order valence-corrected chi connectivity index (χ4v) is 4.30. The maximum atomic E-state index is 12.8. The van der Waals surface area contributed by atoms with E-state index < -0.39 is 15.6 Å². The summed E-state index contributed by atoms with van der Waals surface area (Å²) in [5, 5.41) is 0. The van der Waals surface area contributed by atoms with E-state index in [2.05, 4.69) is 0 Å². The van der Waals surface area contributed by atoms with Crippen molar-refractivity contribution in [3.8, 4) is 0 Å². The molecule has 1 heterocycles. The summed E-state index contributed by atoms with van der Waals surface area (Å²) < 4.78 is 32.5. The van der Waals surface area contributed by atoms with Crippen molar-refractivity contribution in [2.24, 2.45) is 5.73 Å². The van der Waals surface area contributed by atoms with Gasteiger partial charge < -0.3 is 10.5 Å². The minimum Gasteiger partial charge on any atom is -0.378 e. The average Bonchev–Trinajstić information content (AvgIpc) is 2.44. The summed E-state index contributed by atoms with van der Waals surface area (Å²) in [6.45, 7) is 5.67. The van der Waals surface area contributed by atoms with Gasteiger partial charge in [-0.1, -0.05) is 12.1 Å². The van der Waals surface area contributed by atoms with Crippen LogP contribution in [0.1, 0.15) is 25.8 Å². The monoisotopic (exact) mass is 312 g/mol. The molecular weight excluding hydrogens is 288 g/mol. The molecule has 1 saturated heterocycles. The summed E-state index contributed by atoms with van der Waals surface area (Å²) in [7, 11) is -3.48. The zero-order chi connectivity index (χ0) is 15.5. The quantitative estimate of drug-likeness (QED) is 0.891. The maximum absolute atomic E-state index is 12.8. The fourth-order valence-electron chi connectivity index (χ4n) is 2.55. The zero-order valence-electron chi connectivity index (χ0n) is 12.7. The molecule has 1 aliphatic rings. The van der Waals surface area contributed by atoms with Gasteiger partial charge in [0, 0.05) is 6.54 Å². The van der Waals surface area contributed by atoms with Gasteiger partial charge in [-0.05, 0) is 50.9 Å². The Hall–Kier alpha value is -0.950. The standard InChI is InChI=1S/C15H24N2O3S/c1-15(2)12-20-11-10-17(15)21(18,19)14-7-5-13(6-8-14)4-3-9-16/h5-8H,3-4,9-12,16H2,1-2H3. The van der Waals surface area contributed by atoms with Gasteiger partial charge in [0.15, 0.2) is 0 Å². The van der Waals surface area contributed by atoms with Crippen LogP contribution in [0, 0.1) is 0 Å². The average molecular weight is 312 g/mol. The van der Waals surface area contributed by atoms with E-state index in [1.807, 2.05) is 26.0 Å². The van der Waals surface area contributed by atoms with Crippen LogP contribution in [0.5, 0.6) is 0 Å². The van der Waals surface area contributed by atoms with Crippen molar-refractivity contribution in [2.75, 3.05) is 26.3 Å². The van der Waals surface area contributed by atoms with Gasteiger partial charge in [-0.3, -0.25) is 0 Å². The highest BCUT2D eigenvalue weighted by Gasteiger charge is 2.39. The summed E-state index contributed by atoms with van der Waals surface area (Å²) >= 11 is 0. The first-order valence-electron chi connectivity index (χ1n) is 7.27. The topological polar surface area (TPSA) is 72.6 Å². The number of morpholine rings is 1. The third-order valence-electron chi connectivity index (χ3n) is 3.75. The Morgan fingerprint density at radius 2 is 1.95 bits per heavy atom. The molecule has 0 unspecified atom stereocenters. The fraction of sp³-hybridized carbons (Fsp3) is 0.600. The van der Waals surface area contributed by atoms with Gasteiger partial charge in [-0.25, -0.2) is 8.42 Å². The molecule has 1 aromatic carbocycles. The summed E-state index contributed by atoms with van der Waals surface area (Å²) in [5.41, 5.74) is 6.08. The lowest BCUT2D eigenvalue weighted by molar-refractivity contribution is -0.00770. The molecule has 1 fully saturated rings. The van der Waals surface area contributed by atoms with Crippen LogP contribution in [-0.4, -0.2) is 44.6 Å². The number of benzene rings is 1. The first-order chi connectivity index (χ1) is 9.88. The molecule has 0 aliphatic carbocycles.